The van der Waals surface area contributed by atoms with Crippen LogP contribution in [0.1, 0.15) is 18.4 Å². The maximum absolute atomic E-state index is 6.33. The van der Waals surface area contributed by atoms with E-state index in [1.54, 1.807) is 7.11 Å². The van der Waals surface area contributed by atoms with Crippen LogP contribution in [0.2, 0.25) is 0 Å². The van der Waals surface area contributed by atoms with Gasteiger partial charge >= 0.3 is 0 Å². The Morgan fingerprint density at radius 3 is 2.61 bits per heavy atom. The number of nitrogens with zero attached hydrogens (tertiary/aromatic N) is 2. The van der Waals surface area contributed by atoms with Gasteiger partial charge in [-0.05, 0) is 49.1 Å². The van der Waals surface area contributed by atoms with Crippen molar-refractivity contribution >= 4 is 5.69 Å². The van der Waals surface area contributed by atoms with Gasteiger partial charge in [-0.2, -0.15) is 0 Å². The first-order valence-electron chi connectivity index (χ1n) is 10.2. The van der Waals surface area contributed by atoms with Crippen LogP contribution in [0.5, 0.6) is 5.75 Å². The normalized spacial score (nSPS) is 19.8. The van der Waals surface area contributed by atoms with Crippen LogP contribution in [0.4, 0.5) is 5.69 Å². The molecule has 2 aliphatic heterocycles. The molecule has 0 unspecified atom stereocenters. The number of anilines is 1. The minimum Gasteiger partial charge on any atom is -0.497 e. The lowest BCUT2D eigenvalue weighted by Gasteiger charge is -2.48. The summed E-state index contributed by atoms with van der Waals surface area (Å²) in [7, 11) is 1.72. The number of ether oxygens (including phenoxy) is 2. The van der Waals surface area contributed by atoms with Gasteiger partial charge in [0.2, 0.25) is 0 Å². The molecule has 1 spiro atoms. The number of likely N-dealkylation sites (tertiary alicyclic amines) is 1. The van der Waals surface area contributed by atoms with Crippen LogP contribution in [0.15, 0.2) is 66.9 Å². The van der Waals surface area contributed by atoms with Crippen LogP contribution in [0, 0.1) is 0 Å². The van der Waals surface area contributed by atoms with Crippen molar-refractivity contribution in [1.29, 1.82) is 0 Å². The third kappa shape index (κ3) is 4.23. The van der Waals surface area contributed by atoms with Crippen molar-refractivity contribution < 1.29 is 9.47 Å². The van der Waals surface area contributed by atoms with Crippen molar-refractivity contribution in [1.82, 2.24) is 4.90 Å². The summed E-state index contributed by atoms with van der Waals surface area (Å²) < 4.78 is 11.7. The molecule has 0 aromatic heterocycles. The number of hydrogen-bond acceptors (Lipinski definition) is 4. The van der Waals surface area contributed by atoms with Gasteiger partial charge in [-0.15, -0.1) is 0 Å². The molecule has 0 aliphatic carbocycles. The van der Waals surface area contributed by atoms with Gasteiger partial charge in [0.1, 0.15) is 5.75 Å². The third-order valence-corrected chi connectivity index (χ3v) is 6.06. The maximum Gasteiger partial charge on any atom is 0.119 e. The second kappa shape index (κ2) is 8.38. The van der Waals surface area contributed by atoms with Gasteiger partial charge in [0, 0.05) is 31.0 Å². The van der Waals surface area contributed by atoms with E-state index in [1.807, 2.05) is 6.07 Å². The highest BCUT2D eigenvalue weighted by Crippen LogP contribution is 2.35. The average Bonchev–Trinajstić information content (AvgIpc) is 2.76. The zero-order valence-corrected chi connectivity index (χ0v) is 16.8. The first-order valence-corrected chi connectivity index (χ1v) is 10.2. The fourth-order valence-electron chi connectivity index (χ4n) is 4.24. The Labute approximate surface area is 168 Å². The summed E-state index contributed by atoms with van der Waals surface area (Å²) in [6.45, 7) is 8.99. The quantitative estimate of drug-likeness (QED) is 0.781. The number of methoxy groups -OCH3 is 1. The molecule has 4 rings (SSSR count). The van der Waals surface area contributed by atoms with E-state index in [2.05, 4.69) is 64.9 Å². The molecule has 0 bridgehead atoms. The first-order chi connectivity index (χ1) is 13.7. The van der Waals surface area contributed by atoms with Crippen LogP contribution in [-0.4, -0.2) is 50.4 Å². The Bertz CT molecular complexity index is 797. The predicted molar refractivity (Wildman–Crippen MR) is 114 cm³/mol. The topological polar surface area (TPSA) is 24.9 Å². The average molecular weight is 379 g/mol. The molecule has 0 N–H and O–H groups in total. The van der Waals surface area contributed by atoms with Gasteiger partial charge in [-0.1, -0.05) is 36.9 Å². The highest BCUT2D eigenvalue weighted by molar-refractivity contribution is 5.52. The van der Waals surface area contributed by atoms with E-state index in [1.165, 1.54) is 11.3 Å². The van der Waals surface area contributed by atoms with E-state index in [4.69, 9.17) is 9.47 Å². The Hall–Kier alpha value is -2.30. The Kier molecular flexibility index (Phi) is 5.69. The molecule has 4 heteroatoms. The lowest BCUT2D eigenvalue weighted by Crippen LogP contribution is -2.56. The number of morpholine rings is 1. The third-order valence-electron chi connectivity index (χ3n) is 6.06. The summed E-state index contributed by atoms with van der Waals surface area (Å²) in [4.78, 5) is 4.90. The molecule has 2 aromatic rings. The Morgan fingerprint density at radius 2 is 1.86 bits per heavy atom. The van der Waals surface area contributed by atoms with Crippen LogP contribution >= 0.6 is 0 Å². The SMILES string of the molecule is C=C1COC2(CCN(CCc3cccc(OC)c3)CC2)CN1c1ccccc1. The van der Waals surface area contributed by atoms with Crippen molar-refractivity contribution in [3.05, 3.63) is 72.4 Å². The van der Waals surface area contributed by atoms with Crippen LogP contribution < -0.4 is 9.64 Å². The molecule has 0 saturated carbocycles. The van der Waals surface area contributed by atoms with Crippen LogP contribution in [0.25, 0.3) is 0 Å². The summed E-state index contributed by atoms with van der Waals surface area (Å²) in [5, 5.41) is 0. The van der Waals surface area contributed by atoms with E-state index in [0.717, 1.165) is 56.9 Å². The molecular weight excluding hydrogens is 348 g/mol. The number of benzene rings is 2. The van der Waals surface area contributed by atoms with Crippen molar-refractivity contribution in [2.45, 2.75) is 24.9 Å². The van der Waals surface area contributed by atoms with Crippen molar-refractivity contribution in [3.8, 4) is 5.75 Å². The highest BCUT2D eigenvalue weighted by atomic mass is 16.5. The molecule has 0 amide bonds. The molecule has 2 heterocycles. The minimum absolute atomic E-state index is 0.0521. The monoisotopic (exact) mass is 378 g/mol. The molecule has 2 aliphatic rings. The maximum atomic E-state index is 6.33. The van der Waals surface area contributed by atoms with Gasteiger partial charge in [-0.3, -0.25) is 0 Å². The van der Waals surface area contributed by atoms with Gasteiger partial charge in [0.15, 0.2) is 0 Å². The summed E-state index contributed by atoms with van der Waals surface area (Å²) in [5.74, 6) is 0.937. The molecular formula is C24H30N2O2. The minimum atomic E-state index is -0.0521. The Balaban J connectivity index is 1.33. The predicted octanol–water partition coefficient (Wildman–Crippen LogP) is 4.12. The Morgan fingerprint density at radius 1 is 1.07 bits per heavy atom. The standard InChI is InChI=1S/C24H30N2O2/c1-20-18-28-24(19-26(20)22-8-4-3-5-9-22)12-15-25(16-13-24)14-11-21-7-6-10-23(17-21)27-2/h3-10,17H,1,11-16,18-19H2,2H3. The fraction of sp³-hybridized carbons (Fsp3) is 0.417. The summed E-state index contributed by atoms with van der Waals surface area (Å²) in [6.07, 6.45) is 3.20. The molecule has 0 atom stereocenters. The first kappa shape index (κ1) is 19.0. The van der Waals surface area contributed by atoms with E-state index in [9.17, 15) is 0 Å². The molecule has 2 aromatic carbocycles. The lowest BCUT2D eigenvalue weighted by atomic mass is 9.88. The second-order valence-corrected chi connectivity index (χ2v) is 7.90. The summed E-state index contributed by atoms with van der Waals surface area (Å²) in [6, 6.07) is 18.9. The number of hydrogen-bond donors (Lipinski definition) is 0. The molecule has 2 saturated heterocycles. The summed E-state index contributed by atoms with van der Waals surface area (Å²) >= 11 is 0. The largest absolute Gasteiger partial charge is 0.497 e. The van der Waals surface area contributed by atoms with Crippen molar-refractivity contribution in [2.75, 3.05) is 44.8 Å². The molecule has 28 heavy (non-hydrogen) atoms. The van der Waals surface area contributed by atoms with E-state index < -0.39 is 0 Å². The van der Waals surface area contributed by atoms with Crippen molar-refractivity contribution in [2.24, 2.45) is 0 Å². The number of piperidine rings is 1. The van der Waals surface area contributed by atoms with Crippen LogP contribution in [0.3, 0.4) is 0 Å². The fourth-order valence-corrected chi connectivity index (χ4v) is 4.24. The van der Waals surface area contributed by atoms with Gasteiger partial charge in [0.05, 0.1) is 25.9 Å². The molecule has 2 fully saturated rings. The van der Waals surface area contributed by atoms with Crippen LogP contribution in [-0.2, 0) is 11.2 Å². The summed E-state index contributed by atoms with van der Waals surface area (Å²) in [5.41, 5.74) is 3.55. The number of rotatable bonds is 5. The van der Waals surface area contributed by atoms with Gasteiger partial charge < -0.3 is 19.3 Å². The second-order valence-electron chi connectivity index (χ2n) is 7.90. The highest BCUT2D eigenvalue weighted by Gasteiger charge is 2.40. The molecule has 148 valence electrons. The van der Waals surface area contributed by atoms with Gasteiger partial charge in [0.25, 0.3) is 0 Å². The van der Waals surface area contributed by atoms with Gasteiger partial charge in [-0.25, -0.2) is 0 Å². The molecule has 0 radical (unpaired) electrons. The zero-order valence-electron chi connectivity index (χ0n) is 16.8. The van der Waals surface area contributed by atoms with E-state index >= 15 is 0 Å². The van der Waals surface area contributed by atoms with Crippen molar-refractivity contribution in [3.63, 3.8) is 0 Å². The molecule has 4 nitrogen and oxygen atoms in total. The zero-order chi connectivity index (χ0) is 19.4. The van der Waals surface area contributed by atoms with E-state index in [-0.39, 0.29) is 5.60 Å². The number of para-hydroxylation sites is 1. The smallest absolute Gasteiger partial charge is 0.119 e. The van der Waals surface area contributed by atoms with E-state index in [0.29, 0.717) is 6.61 Å². The lowest BCUT2D eigenvalue weighted by molar-refractivity contribution is -0.0811.